The zero-order chi connectivity index (χ0) is 20.9. The number of unbranched alkanes of at least 4 members (excludes halogenated alkanes) is 1. The molecule has 6 nitrogen and oxygen atoms in total. The Bertz CT molecular complexity index is 799. The molecule has 2 aromatic rings. The number of carbonyl (C=O) groups is 2. The molecule has 0 aliphatic carbocycles. The molecule has 154 valence electrons. The lowest BCUT2D eigenvalue weighted by molar-refractivity contribution is 0.0945. The molecule has 0 aliphatic rings. The molecule has 29 heavy (non-hydrogen) atoms. The van der Waals surface area contributed by atoms with Crippen LogP contribution in [0, 0.1) is 0 Å². The third kappa shape index (κ3) is 7.70. The summed E-state index contributed by atoms with van der Waals surface area (Å²) in [6.07, 6.45) is 6.60. The van der Waals surface area contributed by atoms with Crippen molar-refractivity contribution in [3.8, 4) is 11.5 Å². The predicted octanol–water partition coefficient (Wildman–Crippen LogP) is 3.59. The first-order valence-corrected chi connectivity index (χ1v) is 9.63. The second-order valence-electron chi connectivity index (χ2n) is 6.37. The lowest BCUT2D eigenvalue weighted by Gasteiger charge is -2.05. The SMILES string of the molecule is COc1ccc(C(=O)NCCC=CCCCNC(=O)c2ccc(OC)cc2)cc1. The molecule has 0 saturated carbocycles. The van der Waals surface area contributed by atoms with Crippen LogP contribution >= 0.6 is 0 Å². The fraction of sp³-hybridized carbons (Fsp3) is 0.304. The van der Waals surface area contributed by atoms with Gasteiger partial charge in [-0.1, -0.05) is 12.2 Å². The molecule has 0 aliphatic heterocycles. The van der Waals surface area contributed by atoms with Crippen LogP contribution in [0.5, 0.6) is 11.5 Å². The molecular formula is C23H28N2O4. The molecule has 2 N–H and O–H groups in total. The van der Waals surface area contributed by atoms with Crippen molar-refractivity contribution in [2.75, 3.05) is 27.3 Å². The molecule has 0 bridgehead atoms. The number of methoxy groups -OCH3 is 2. The molecule has 0 aromatic heterocycles. The molecular weight excluding hydrogens is 368 g/mol. The van der Waals surface area contributed by atoms with E-state index in [0.29, 0.717) is 24.2 Å². The van der Waals surface area contributed by atoms with Crippen molar-refractivity contribution in [3.63, 3.8) is 0 Å². The highest BCUT2D eigenvalue weighted by Gasteiger charge is 2.05. The second-order valence-corrected chi connectivity index (χ2v) is 6.37. The molecule has 0 saturated heterocycles. The van der Waals surface area contributed by atoms with Crippen LogP contribution in [0.3, 0.4) is 0 Å². The van der Waals surface area contributed by atoms with Crippen LogP contribution < -0.4 is 20.1 Å². The molecule has 6 heteroatoms. The maximum absolute atomic E-state index is 12.0. The number of benzene rings is 2. The maximum Gasteiger partial charge on any atom is 0.251 e. The Morgan fingerprint density at radius 1 is 0.724 bits per heavy atom. The van der Waals surface area contributed by atoms with E-state index in [0.717, 1.165) is 30.8 Å². The Labute approximate surface area is 171 Å². The number of rotatable bonds is 11. The van der Waals surface area contributed by atoms with Gasteiger partial charge < -0.3 is 20.1 Å². The zero-order valence-electron chi connectivity index (χ0n) is 16.9. The summed E-state index contributed by atoms with van der Waals surface area (Å²) in [5.74, 6) is 1.27. The van der Waals surface area contributed by atoms with Crippen LogP contribution in [-0.4, -0.2) is 39.1 Å². The smallest absolute Gasteiger partial charge is 0.251 e. The van der Waals surface area contributed by atoms with E-state index in [9.17, 15) is 9.59 Å². The minimum atomic E-state index is -0.0951. The number of hydrogen-bond acceptors (Lipinski definition) is 4. The predicted molar refractivity (Wildman–Crippen MR) is 114 cm³/mol. The standard InChI is InChI=1S/C23H28N2O4/c1-28-20-12-8-18(9-13-20)22(26)24-16-6-4-3-5-7-17-25-23(27)19-10-14-21(29-2)15-11-19/h3-4,8-15H,5-7,16-17H2,1-2H3,(H,24,26)(H,25,27). The Morgan fingerprint density at radius 2 is 1.17 bits per heavy atom. The van der Waals surface area contributed by atoms with Gasteiger partial charge in [0, 0.05) is 24.2 Å². The first-order valence-electron chi connectivity index (χ1n) is 9.63. The summed E-state index contributed by atoms with van der Waals surface area (Å²) in [5, 5.41) is 5.78. The second kappa shape index (κ2) is 12.2. The summed E-state index contributed by atoms with van der Waals surface area (Å²) < 4.78 is 10.2. The third-order valence-electron chi connectivity index (χ3n) is 4.30. The minimum absolute atomic E-state index is 0.0853. The number of carbonyl (C=O) groups excluding carboxylic acids is 2. The molecule has 2 aromatic carbocycles. The largest absolute Gasteiger partial charge is 0.497 e. The van der Waals surface area contributed by atoms with Gasteiger partial charge in [-0.05, 0) is 67.8 Å². The average Bonchev–Trinajstić information content (AvgIpc) is 2.77. The third-order valence-corrected chi connectivity index (χ3v) is 4.30. The monoisotopic (exact) mass is 396 g/mol. The summed E-state index contributed by atoms with van der Waals surface area (Å²) in [5.41, 5.74) is 1.23. The number of allylic oxidation sites excluding steroid dienone is 1. The van der Waals surface area contributed by atoms with Crippen LogP contribution in [0.2, 0.25) is 0 Å². The van der Waals surface area contributed by atoms with Crippen molar-refractivity contribution in [1.29, 1.82) is 0 Å². The highest BCUT2D eigenvalue weighted by atomic mass is 16.5. The molecule has 2 rings (SSSR count). The molecule has 0 heterocycles. The van der Waals surface area contributed by atoms with Crippen LogP contribution in [0.4, 0.5) is 0 Å². The van der Waals surface area contributed by atoms with E-state index in [-0.39, 0.29) is 11.8 Å². The van der Waals surface area contributed by atoms with Gasteiger partial charge in [-0.15, -0.1) is 0 Å². The van der Waals surface area contributed by atoms with Crippen molar-refractivity contribution < 1.29 is 19.1 Å². The number of hydrogen-bond donors (Lipinski definition) is 2. The first-order chi connectivity index (χ1) is 14.1. The normalized spacial score (nSPS) is 10.6. The van der Waals surface area contributed by atoms with Crippen molar-refractivity contribution in [3.05, 3.63) is 71.8 Å². The van der Waals surface area contributed by atoms with Gasteiger partial charge in [-0.25, -0.2) is 0 Å². The zero-order valence-corrected chi connectivity index (χ0v) is 16.9. The van der Waals surface area contributed by atoms with Gasteiger partial charge >= 0.3 is 0 Å². The van der Waals surface area contributed by atoms with E-state index in [4.69, 9.17) is 9.47 Å². The number of nitrogens with one attached hydrogen (secondary N) is 2. The first kappa shape index (κ1) is 22.0. The average molecular weight is 396 g/mol. The van der Waals surface area contributed by atoms with Crippen molar-refractivity contribution >= 4 is 11.8 Å². The molecule has 2 amide bonds. The molecule has 0 unspecified atom stereocenters. The number of ether oxygens (including phenoxy) is 2. The van der Waals surface area contributed by atoms with Crippen LogP contribution in [0.15, 0.2) is 60.7 Å². The highest BCUT2D eigenvalue weighted by Crippen LogP contribution is 2.12. The van der Waals surface area contributed by atoms with Gasteiger partial charge in [0.15, 0.2) is 0 Å². The van der Waals surface area contributed by atoms with Gasteiger partial charge in [0.25, 0.3) is 11.8 Å². The van der Waals surface area contributed by atoms with Gasteiger partial charge in [-0.2, -0.15) is 0 Å². The van der Waals surface area contributed by atoms with E-state index in [1.54, 1.807) is 62.8 Å². The van der Waals surface area contributed by atoms with Gasteiger partial charge in [0.2, 0.25) is 0 Å². The molecule has 0 fully saturated rings. The van der Waals surface area contributed by atoms with Crippen LogP contribution in [-0.2, 0) is 0 Å². The fourth-order valence-electron chi connectivity index (χ4n) is 2.62. The van der Waals surface area contributed by atoms with Crippen LogP contribution in [0.25, 0.3) is 0 Å². The molecule has 0 radical (unpaired) electrons. The fourth-order valence-corrected chi connectivity index (χ4v) is 2.62. The van der Waals surface area contributed by atoms with Crippen molar-refractivity contribution in [2.45, 2.75) is 19.3 Å². The quantitative estimate of drug-likeness (QED) is 0.450. The van der Waals surface area contributed by atoms with E-state index >= 15 is 0 Å². The van der Waals surface area contributed by atoms with Crippen LogP contribution in [0.1, 0.15) is 40.0 Å². The lowest BCUT2D eigenvalue weighted by Crippen LogP contribution is -2.24. The van der Waals surface area contributed by atoms with Gasteiger partial charge in [0.1, 0.15) is 11.5 Å². The Morgan fingerprint density at radius 3 is 1.66 bits per heavy atom. The van der Waals surface area contributed by atoms with E-state index in [2.05, 4.69) is 16.7 Å². The lowest BCUT2D eigenvalue weighted by atomic mass is 10.2. The molecule has 0 spiro atoms. The van der Waals surface area contributed by atoms with Gasteiger partial charge in [-0.3, -0.25) is 9.59 Å². The Kier molecular flexibility index (Phi) is 9.29. The number of amides is 2. The van der Waals surface area contributed by atoms with E-state index in [1.165, 1.54) is 0 Å². The minimum Gasteiger partial charge on any atom is -0.497 e. The summed E-state index contributed by atoms with van der Waals surface area (Å²) in [6.45, 7) is 1.19. The van der Waals surface area contributed by atoms with E-state index in [1.807, 2.05) is 6.08 Å². The summed E-state index contributed by atoms with van der Waals surface area (Å²) in [6, 6.07) is 14.0. The highest BCUT2D eigenvalue weighted by molar-refractivity contribution is 5.94. The topological polar surface area (TPSA) is 76.7 Å². The van der Waals surface area contributed by atoms with E-state index < -0.39 is 0 Å². The molecule has 0 atom stereocenters. The van der Waals surface area contributed by atoms with Gasteiger partial charge in [0.05, 0.1) is 14.2 Å². The summed E-state index contributed by atoms with van der Waals surface area (Å²) in [7, 11) is 3.19. The van der Waals surface area contributed by atoms with Crippen molar-refractivity contribution in [1.82, 2.24) is 10.6 Å². The summed E-state index contributed by atoms with van der Waals surface area (Å²) in [4.78, 5) is 24.0. The Hall–Kier alpha value is -3.28. The van der Waals surface area contributed by atoms with Crippen molar-refractivity contribution in [2.24, 2.45) is 0 Å². The Balaban J connectivity index is 1.55. The summed E-state index contributed by atoms with van der Waals surface area (Å²) >= 11 is 0. The maximum atomic E-state index is 12.0.